The third kappa shape index (κ3) is 3.17. The van der Waals surface area contributed by atoms with E-state index in [1.807, 2.05) is 6.07 Å². The fourth-order valence-electron chi connectivity index (χ4n) is 2.37. The van der Waals surface area contributed by atoms with Crippen LogP contribution in [0.4, 0.5) is 11.4 Å². The molecule has 0 aliphatic carbocycles. The zero-order chi connectivity index (χ0) is 14.7. The lowest BCUT2D eigenvalue weighted by molar-refractivity contribution is -0.384. The molecule has 0 saturated carbocycles. The zero-order valence-electron chi connectivity index (χ0n) is 12.2. The average Bonchev–Trinajstić information content (AvgIpc) is 2.55. The lowest BCUT2D eigenvalue weighted by Crippen LogP contribution is -2.35. The van der Waals surface area contributed by atoms with Gasteiger partial charge in [0, 0.05) is 31.7 Å². The summed E-state index contributed by atoms with van der Waals surface area (Å²) in [6, 6.07) is 5.61. The van der Waals surface area contributed by atoms with Crippen molar-refractivity contribution in [2.45, 2.75) is 33.4 Å². The largest absolute Gasteiger partial charge is 0.378 e. The number of para-hydroxylation sites is 1. The van der Waals surface area contributed by atoms with Crippen LogP contribution < -0.4 is 5.32 Å². The lowest BCUT2D eigenvalue weighted by atomic mass is 10.1. The van der Waals surface area contributed by atoms with Gasteiger partial charge in [-0.05, 0) is 26.3 Å². The Morgan fingerprint density at radius 3 is 2.95 bits per heavy atom. The molecule has 1 heterocycles. The van der Waals surface area contributed by atoms with E-state index in [1.165, 1.54) is 5.57 Å². The molecule has 20 heavy (non-hydrogen) atoms. The van der Waals surface area contributed by atoms with Gasteiger partial charge in [-0.3, -0.25) is 15.0 Å². The van der Waals surface area contributed by atoms with Gasteiger partial charge in [0.25, 0.3) is 5.69 Å². The van der Waals surface area contributed by atoms with Crippen LogP contribution >= 0.6 is 0 Å². The molecule has 1 unspecified atom stereocenters. The smallest absolute Gasteiger partial charge is 0.292 e. The minimum atomic E-state index is -0.317. The van der Waals surface area contributed by atoms with Crippen LogP contribution in [-0.2, 0) is 6.54 Å². The number of nitro benzene ring substituents is 1. The van der Waals surface area contributed by atoms with Gasteiger partial charge in [0.05, 0.1) is 4.92 Å². The van der Waals surface area contributed by atoms with Gasteiger partial charge in [0.1, 0.15) is 5.69 Å². The van der Waals surface area contributed by atoms with Gasteiger partial charge < -0.3 is 5.32 Å². The summed E-state index contributed by atoms with van der Waals surface area (Å²) in [6.45, 7) is 8.62. The highest BCUT2D eigenvalue weighted by Gasteiger charge is 2.24. The van der Waals surface area contributed by atoms with Crippen molar-refractivity contribution < 1.29 is 4.92 Å². The molecule has 108 valence electrons. The van der Waals surface area contributed by atoms with Crippen LogP contribution in [0.1, 0.15) is 26.3 Å². The van der Waals surface area contributed by atoms with Crippen molar-refractivity contribution in [1.82, 2.24) is 4.90 Å². The maximum Gasteiger partial charge on any atom is 0.292 e. The predicted octanol–water partition coefficient (Wildman–Crippen LogP) is 3.18. The predicted molar refractivity (Wildman–Crippen MR) is 80.9 cm³/mol. The normalized spacial score (nSPS) is 18.6. The first kappa shape index (κ1) is 14.5. The molecule has 0 fully saturated rings. The summed E-state index contributed by atoms with van der Waals surface area (Å²) < 4.78 is 0. The third-order valence-electron chi connectivity index (χ3n) is 3.63. The molecular formula is C15H21N3O2. The number of allylic oxidation sites excluding steroid dienone is 1. The van der Waals surface area contributed by atoms with Gasteiger partial charge in [-0.15, -0.1) is 0 Å². The van der Waals surface area contributed by atoms with Gasteiger partial charge in [-0.25, -0.2) is 0 Å². The minimum absolute atomic E-state index is 0.166. The van der Waals surface area contributed by atoms with Crippen LogP contribution in [0.5, 0.6) is 0 Å². The fourth-order valence-corrected chi connectivity index (χ4v) is 2.37. The molecule has 5 heteroatoms. The standard InChI is InChI=1S/C15H21N3O2/c1-11(2)7-8-17-10-13-5-4-6-14(18(19)20)15(13)16-9-12(17)3/h4-7,12,16H,8-10H2,1-3H3. The Hall–Kier alpha value is -1.88. The van der Waals surface area contributed by atoms with E-state index in [1.54, 1.807) is 12.1 Å². The molecule has 1 aromatic carbocycles. The van der Waals surface area contributed by atoms with E-state index in [0.29, 0.717) is 18.3 Å². The Morgan fingerprint density at radius 1 is 1.55 bits per heavy atom. The van der Waals surface area contributed by atoms with Crippen LogP contribution in [0, 0.1) is 10.1 Å². The summed E-state index contributed by atoms with van der Waals surface area (Å²) in [6.07, 6.45) is 2.19. The minimum Gasteiger partial charge on any atom is -0.378 e. The Morgan fingerprint density at radius 2 is 2.30 bits per heavy atom. The number of hydrogen-bond acceptors (Lipinski definition) is 4. The molecule has 2 rings (SSSR count). The number of rotatable bonds is 3. The summed E-state index contributed by atoms with van der Waals surface area (Å²) in [7, 11) is 0. The number of anilines is 1. The number of hydrogen-bond donors (Lipinski definition) is 1. The molecule has 1 aliphatic rings. The molecule has 0 spiro atoms. The second-order valence-electron chi connectivity index (χ2n) is 5.51. The maximum atomic E-state index is 11.1. The quantitative estimate of drug-likeness (QED) is 0.523. The van der Waals surface area contributed by atoms with Crippen LogP contribution in [0.2, 0.25) is 0 Å². The van der Waals surface area contributed by atoms with Crippen molar-refractivity contribution in [1.29, 1.82) is 0 Å². The highest BCUT2D eigenvalue weighted by atomic mass is 16.6. The molecule has 0 aromatic heterocycles. The third-order valence-corrected chi connectivity index (χ3v) is 3.63. The number of benzene rings is 1. The second-order valence-corrected chi connectivity index (χ2v) is 5.51. The van der Waals surface area contributed by atoms with Crippen molar-refractivity contribution in [3.63, 3.8) is 0 Å². The molecule has 1 atom stereocenters. The Labute approximate surface area is 119 Å². The summed E-state index contributed by atoms with van der Waals surface area (Å²) in [5.41, 5.74) is 3.11. The highest BCUT2D eigenvalue weighted by molar-refractivity contribution is 5.66. The Balaban J connectivity index is 2.30. The molecule has 0 amide bonds. The molecule has 1 aromatic rings. The fraction of sp³-hybridized carbons (Fsp3) is 0.467. The summed E-state index contributed by atoms with van der Waals surface area (Å²) in [4.78, 5) is 13.1. The number of nitro groups is 1. The topological polar surface area (TPSA) is 58.4 Å². The van der Waals surface area contributed by atoms with Crippen molar-refractivity contribution in [3.05, 3.63) is 45.5 Å². The molecule has 5 nitrogen and oxygen atoms in total. The SMILES string of the molecule is CC(C)=CCN1Cc2cccc([N+](=O)[O-])c2NCC1C. The summed E-state index contributed by atoms with van der Waals surface area (Å²) in [5, 5.41) is 14.3. The van der Waals surface area contributed by atoms with Crippen molar-refractivity contribution in [2.24, 2.45) is 0 Å². The molecule has 0 radical (unpaired) electrons. The summed E-state index contributed by atoms with van der Waals surface area (Å²) in [5.74, 6) is 0. The van der Waals surface area contributed by atoms with Gasteiger partial charge >= 0.3 is 0 Å². The first-order chi connectivity index (χ1) is 9.49. The van der Waals surface area contributed by atoms with E-state index >= 15 is 0 Å². The van der Waals surface area contributed by atoms with E-state index in [0.717, 1.165) is 18.7 Å². The van der Waals surface area contributed by atoms with Crippen molar-refractivity contribution in [2.75, 3.05) is 18.4 Å². The Bertz CT molecular complexity index is 536. The van der Waals surface area contributed by atoms with Gasteiger partial charge in [0.15, 0.2) is 0 Å². The van der Waals surface area contributed by atoms with Crippen LogP contribution in [0.25, 0.3) is 0 Å². The zero-order valence-corrected chi connectivity index (χ0v) is 12.2. The van der Waals surface area contributed by atoms with E-state index in [2.05, 4.69) is 37.1 Å². The molecule has 0 saturated heterocycles. The van der Waals surface area contributed by atoms with Gasteiger partial charge in [0.2, 0.25) is 0 Å². The van der Waals surface area contributed by atoms with Gasteiger partial charge in [-0.1, -0.05) is 23.8 Å². The molecule has 0 bridgehead atoms. The first-order valence-electron chi connectivity index (χ1n) is 6.86. The number of fused-ring (bicyclic) bond motifs is 1. The summed E-state index contributed by atoms with van der Waals surface area (Å²) >= 11 is 0. The van der Waals surface area contributed by atoms with E-state index in [-0.39, 0.29) is 10.6 Å². The molecule has 1 aliphatic heterocycles. The van der Waals surface area contributed by atoms with E-state index in [9.17, 15) is 10.1 Å². The first-order valence-corrected chi connectivity index (χ1v) is 6.86. The molecular weight excluding hydrogens is 254 g/mol. The maximum absolute atomic E-state index is 11.1. The van der Waals surface area contributed by atoms with Crippen molar-refractivity contribution in [3.8, 4) is 0 Å². The van der Waals surface area contributed by atoms with Gasteiger partial charge in [-0.2, -0.15) is 0 Å². The van der Waals surface area contributed by atoms with E-state index in [4.69, 9.17) is 0 Å². The van der Waals surface area contributed by atoms with E-state index < -0.39 is 0 Å². The lowest BCUT2D eigenvalue weighted by Gasteiger charge is -2.25. The molecule has 1 N–H and O–H groups in total. The highest BCUT2D eigenvalue weighted by Crippen LogP contribution is 2.31. The van der Waals surface area contributed by atoms with Crippen LogP contribution in [-0.4, -0.2) is 29.0 Å². The monoisotopic (exact) mass is 275 g/mol. The van der Waals surface area contributed by atoms with Crippen LogP contribution in [0.3, 0.4) is 0 Å². The van der Waals surface area contributed by atoms with Crippen molar-refractivity contribution >= 4 is 11.4 Å². The second kappa shape index (κ2) is 6.05. The van der Waals surface area contributed by atoms with Crippen LogP contribution in [0.15, 0.2) is 29.8 Å². The Kier molecular flexibility index (Phi) is 4.39. The number of nitrogens with one attached hydrogen (secondary N) is 1. The average molecular weight is 275 g/mol. The number of nitrogens with zero attached hydrogens (tertiary/aromatic N) is 2.